The van der Waals surface area contributed by atoms with Crippen molar-refractivity contribution < 1.29 is 8.42 Å². The number of hydrogen-bond donors (Lipinski definition) is 1. The summed E-state index contributed by atoms with van der Waals surface area (Å²) in [4.78, 5) is 0. The molecule has 0 aliphatic rings. The lowest BCUT2D eigenvalue weighted by atomic mass is 10.2. The Labute approximate surface area is 127 Å². The van der Waals surface area contributed by atoms with Gasteiger partial charge in [0.25, 0.3) is 10.0 Å². The third-order valence-electron chi connectivity index (χ3n) is 2.83. The Morgan fingerprint density at radius 1 is 1.20 bits per heavy atom. The summed E-state index contributed by atoms with van der Waals surface area (Å²) >= 11 is 6.88. The number of nitrogens with two attached hydrogens (primary N) is 1. The number of thiophene rings is 1. The van der Waals surface area contributed by atoms with Gasteiger partial charge in [-0.25, -0.2) is 8.42 Å². The highest BCUT2D eigenvalue weighted by atomic mass is 35.5. The average Bonchev–Trinajstić information content (AvgIpc) is 2.85. The van der Waals surface area contributed by atoms with Gasteiger partial charge in [0, 0.05) is 18.8 Å². The van der Waals surface area contributed by atoms with Gasteiger partial charge in [-0.05, 0) is 29.8 Å². The number of anilines is 1. The SMILES string of the molecule is CCN(Cc1ccc(N)cc1)S(=O)(=O)c1ccc(Cl)s1. The first-order valence-corrected chi connectivity index (χ1v) is 8.67. The largest absolute Gasteiger partial charge is 0.399 e. The zero-order valence-electron chi connectivity index (χ0n) is 10.9. The van der Waals surface area contributed by atoms with Gasteiger partial charge >= 0.3 is 0 Å². The quantitative estimate of drug-likeness (QED) is 0.856. The van der Waals surface area contributed by atoms with Crippen LogP contribution in [0.15, 0.2) is 40.6 Å². The van der Waals surface area contributed by atoms with Crippen molar-refractivity contribution in [3.8, 4) is 0 Å². The highest BCUT2D eigenvalue weighted by molar-refractivity contribution is 7.91. The van der Waals surface area contributed by atoms with Crippen LogP contribution in [0.4, 0.5) is 5.69 Å². The molecular formula is C13H15ClN2O2S2. The van der Waals surface area contributed by atoms with Crippen LogP contribution in [0.3, 0.4) is 0 Å². The summed E-state index contributed by atoms with van der Waals surface area (Å²) in [6, 6.07) is 10.3. The van der Waals surface area contributed by atoms with Crippen LogP contribution in [0.25, 0.3) is 0 Å². The molecule has 0 radical (unpaired) electrons. The van der Waals surface area contributed by atoms with E-state index >= 15 is 0 Å². The standard InChI is InChI=1S/C13H15ClN2O2S2/c1-2-16(9-10-3-5-11(15)6-4-10)20(17,18)13-8-7-12(14)19-13/h3-8H,2,9,15H2,1H3. The third-order valence-corrected chi connectivity index (χ3v) is 6.45. The first-order valence-electron chi connectivity index (χ1n) is 6.03. The maximum Gasteiger partial charge on any atom is 0.252 e. The lowest BCUT2D eigenvalue weighted by Gasteiger charge is -2.19. The summed E-state index contributed by atoms with van der Waals surface area (Å²) in [5.74, 6) is 0. The molecule has 0 amide bonds. The van der Waals surface area contributed by atoms with E-state index in [2.05, 4.69) is 0 Å². The van der Waals surface area contributed by atoms with Crippen LogP contribution < -0.4 is 5.73 Å². The summed E-state index contributed by atoms with van der Waals surface area (Å²) < 4.78 is 27.1. The highest BCUT2D eigenvalue weighted by Crippen LogP contribution is 2.28. The molecule has 1 heterocycles. The molecule has 7 heteroatoms. The molecule has 0 saturated heterocycles. The molecule has 1 aromatic heterocycles. The van der Waals surface area contributed by atoms with Crippen molar-refractivity contribution in [1.29, 1.82) is 0 Å². The van der Waals surface area contributed by atoms with Gasteiger partial charge < -0.3 is 5.73 Å². The van der Waals surface area contributed by atoms with Gasteiger partial charge in [0.05, 0.1) is 4.34 Å². The molecule has 1 aromatic carbocycles. The molecule has 0 aliphatic carbocycles. The molecule has 0 fully saturated rings. The minimum atomic E-state index is -3.50. The Hall–Kier alpha value is -1.08. The molecule has 0 aliphatic heterocycles. The van der Waals surface area contributed by atoms with Crippen molar-refractivity contribution in [3.05, 3.63) is 46.3 Å². The monoisotopic (exact) mass is 330 g/mol. The van der Waals surface area contributed by atoms with E-state index in [1.54, 1.807) is 18.2 Å². The molecule has 108 valence electrons. The molecule has 20 heavy (non-hydrogen) atoms. The average molecular weight is 331 g/mol. The fourth-order valence-electron chi connectivity index (χ4n) is 1.76. The van der Waals surface area contributed by atoms with Crippen molar-refractivity contribution in [3.63, 3.8) is 0 Å². The predicted molar refractivity (Wildman–Crippen MR) is 83.5 cm³/mol. The molecule has 2 rings (SSSR count). The van der Waals surface area contributed by atoms with E-state index in [0.29, 0.717) is 23.1 Å². The maximum atomic E-state index is 12.5. The molecule has 0 bridgehead atoms. The maximum absolute atomic E-state index is 12.5. The number of nitrogens with zero attached hydrogens (tertiary/aromatic N) is 1. The molecule has 2 N–H and O–H groups in total. The second-order valence-corrected chi connectivity index (χ2v) is 8.11. The van der Waals surface area contributed by atoms with Gasteiger partial charge in [-0.2, -0.15) is 4.31 Å². The summed E-state index contributed by atoms with van der Waals surface area (Å²) in [6.07, 6.45) is 0. The molecule has 0 unspecified atom stereocenters. The van der Waals surface area contributed by atoms with Gasteiger partial charge in [-0.15, -0.1) is 11.3 Å². The lowest BCUT2D eigenvalue weighted by molar-refractivity contribution is 0.425. The van der Waals surface area contributed by atoms with Gasteiger partial charge in [0.15, 0.2) is 0 Å². The van der Waals surface area contributed by atoms with E-state index in [4.69, 9.17) is 17.3 Å². The summed E-state index contributed by atoms with van der Waals surface area (Å²) in [5, 5.41) is 0. The van der Waals surface area contributed by atoms with E-state index in [1.165, 1.54) is 10.4 Å². The van der Waals surface area contributed by atoms with Crippen molar-refractivity contribution in [2.24, 2.45) is 0 Å². The van der Waals surface area contributed by atoms with E-state index in [1.807, 2.05) is 19.1 Å². The fraction of sp³-hybridized carbons (Fsp3) is 0.231. The highest BCUT2D eigenvalue weighted by Gasteiger charge is 2.24. The number of benzene rings is 1. The Morgan fingerprint density at radius 2 is 1.85 bits per heavy atom. The van der Waals surface area contributed by atoms with Crippen molar-refractivity contribution >= 4 is 38.6 Å². The Balaban J connectivity index is 2.25. The number of halogens is 1. The Kier molecular flexibility index (Phi) is 4.70. The molecule has 4 nitrogen and oxygen atoms in total. The van der Waals surface area contributed by atoms with E-state index in [9.17, 15) is 8.42 Å². The normalized spacial score (nSPS) is 11.9. The zero-order valence-corrected chi connectivity index (χ0v) is 13.3. The van der Waals surface area contributed by atoms with Gasteiger partial charge in [0.1, 0.15) is 4.21 Å². The molecule has 0 atom stereocenters. The third kappa shape index (κ3) is 3.32. The van der Waals surface area contributed by atoms with Crippen LogP contribution in [0, 0.1) is 0 Å². The summed E-state index contributed by atoms with van der Waals surface area (Å²) in [7, 11) is -3.50. The number of nitrogen functional groups attached to an aromatic ring is 1. The van der Waals surface area contributed by atoms with Crippen molar-refractivity contribution in [2.75, 3.05) is 12.3 Å². The molecule has 0 spiro atoms. The van der Waals surface area contributed by atoms with Gasteiger partial charge in [-0.3, -0.25) is 0 Å². The van der Waals surface area contributed by atoms with Crippen LogP contribution in [0.5, 0.6) is 0 Å². The molecular weight excluding hydrogens is 316 g/mol. The summed E-state index contributed by atoms with van der Waals surface area (Å²) in [6.45, 7) is 2.51. The first kappa shape index (κ1) is 15.3. The zero-order chi connectivity index (χ0) is 14.8. The van der Waals surface area contributed by atoms with Crippen molar-refractivity contribution in [1.82, 2.24) is 4.31 Å². The summed E-state index contributed by atoms with van der Waals surface area (Å²) in [5.41, 5.74) is 7.18. The van der Waals surface area contributed by atoms with Gasteiger partial charge in [0.2, 0.25) is 0 Å². The molecule has 0 saturated carbocycles. The first-order chi connectivity index (χ1) is 9.43. The second-order valence-electron chi connectivity index (χ2n) is 4.23. The second kappa shape index (κ2) is 6.13. The van der Waals surface area contributed by atoms with Crippen LogP contribution in [-0.4, -0.2) is 19.3 Å². The van der Waals surface area contributed by atoms with Crippen LogP contribution in [-0.2, 0) is 16.6 Å². The Morgan fingerprint density at radius 3 is 2.35 bits per heavy atom. The predicted octanol–water partition coefficient (Wildman–Crippen LogP) is 3.19. The number of hydrogen-bond acceptors (Lipinski definition) is 4. The van der Waals surface area contributed by atoms with E-state index in [-0.39, 0.29) is 4.21 Å². The lowest BCUT2D eigenvalue weighted by Crippen LogP contribution is -2.29. The van der Waals surface area contributed by atoms with Crippen LogP contribution in [0.2, 0.25) is 4.34 Å². The van der Waals surface area contributed by atoms with Crippen molar-refractivity contribution in [2.45, 2.75) is 17.7 Å². The van der Waals surface area contributed by atoms with Gasteiger partial charge in [-0.1, -0.05) is 30.7 Å². The Bertz CT molecular complexity index is 681. The number of sulfonamides is 1. The van der Waals surface area contributed by atoms with E-state index < -0.39 is 10.0 Å². The molecule has 2 aromatic rings. The fourth-order valence-corrected chi connectivity index (χ4v) is 4.83. The minimum absolute atomic E-state index is 0.264. The van der Waals surface area contributed by atoms with Crippen LogP contribution >= 0.6 is 22.9 Å². The van der Waals surface area contributed by atoms with Crippen LogP contribution in [0.1, 0.15) is 12.5 Å². The van der Waals surface area contributed by atoms with E-state index in [0.717, 1.165) is 16.9 Å². The minimum Gasteiger partial charge on any atom is -0.399 e. The number of rotatable bonds is 5. The smallest absolute Gasteiger partial charge is 0.252 e. The topological polar surface area (TPSA) is 63.4 Å².